The summed E-state index contributed by atoms with van der Waals surface area (Å²) in [5, 5.41) is 2.84. The SMILES string of the molecule is COc1ccc(Oc2ccc3c(c2)CCC(=O)N3)c(N)c1. The molecule has 0 unspecified atom stereocenters. The van der Waals surface area contributed by atoms with Gasteiger partial charge >= 0.3 is 0 Å². The average molecular weight is 284 g/mol. The molecular formula is C16H16N2O3. The standard InChI is InChI=1S/C16H16N2O3/c1-20-11-4-6-15(13(17)9-11)21-12-3-5-14-10(8-12)2-7-16(19)18-14/h3-6,8-9H,2,7,17H2,1H3,(H,18,19). The second-order valence-electron chi connectivity index (χ2n) is 4.87. The molecule has 0 spiro atoms. The molecule has 0 aliphatic carbocycles. The molecule has 1 heterocycles. The summed E-state index contributed by atoms with van der Waals surface area (Å²) in [6, 6.07) is 10.9. The van der Waals surface area contributed by atoms with Crippen LogP contribution in [0.5, 0.6) is 17.2 Å². The summed E-state index contributed by atoms with van der Waals surface area (Å²) < 4.78 is 10.9. The van der Waals surface area contributed by atoms with Crippen molar-refractivity contribution in [2.75, 3.05) is 18.2 Å². The molecule has 0 fully saturated rings. The van der Waals surface area contributed by atoms with E-state index in [0.717, 1.165) is 17.7 Å². The maximum absolute atomic E-state index is 11.3. The molecule has 1 aliphatic rings. The molecule has 0 atom stereocenters. The molecule has 2 aromatic carbocycles. The van der Waals surface area contributed by atoms with Crippen LogP contribution in [0.25, 0.3) is 0 Å². The number of nitrogens with two attached hydrogens (primary N) is 1. The third-order valence-electron chi connectivity index (χ3n) is 3.42. The van der Waals surface area contributed by atoms with E-state index in [1.54, 1.807) is 25.3 Å². The highest BCUT2D eigenvalue weighted by Gasteiger charge is 2.15. The molecule has 0 saturated heterocycles. The van der Waals surface area contributed by atoms with Crippen molar-refractivity contribution in [3.8, 4) is 17.2 Å². The first-order valence-corrected chi connectivity index (χ1v) is 6.70. The lowest BCUT2D eigenvalue weighted by Gasteiger charge is -2.18. The van der Waals surface area contributed by atoms with Crippen LogP contribution in [0.3, 0.4) is 0 Å². The van der Waals surface area contributed by atoms with Crippen molar-refractivity contribution in [1.29, 1.82) is 0 Å². The molecule has 1 amide bonds. The van der Waals surface area contributed by atoms with E-state index in [0.29, 0.717) is 29.4 Å². The number of methoxy groups -OCH3 is 1. The van der Waals surface area contributed by atoms with Gasteiger partial charge in [0.1, 0.15) is 11.5 Å². The van der Waals surface area contributed by atoms with E-state index in [2.05, 4.69) is 5.32 Å². The first-order chi connectivity index (χ1) is 10.2. The van der Waals surface area contributed by atoms with Crippen LogP contribution in [0.1, 0.15) is 12.0 Å². The van der Waals surface area contributed by atoms with Gasteiger partial charge in [-0.05, 0) is 42.3 Å². The summed E-state index contributed by atoms with van der Waals surface area (Å²) in [6.07, 6.45) is 1.22. The number of anilines is 2. The van der Waals surface area contributed by atoms with E-state index in [4.69, 9.17) is 15.2 Å². The van der Waals surface area contributed by atoms with Crippen molar-refractivity contribution in [2.24, 2.45) is 0 Å². The summed E-state index contributed by atoms with van der Waals surface area (Å²) in [6.45, 7) is 0. The molecule has 1 aliphatic heterocycles. The Kier molecular flexibility index (Phi) is 3.39. The topological polar surface area (TPSA) is 73.6 Å². The van der Waals surface area contributed by atoms with Gasteiger partial charge in [-0.2, -0.15) is 0 Å². The molecular weight excluding hydrogens is 268 g/mol. The molecule has 0 saturated carbocycles. The molecule has 0 bridgehead atoms. The summed E-state index contributed by atoms with van der Waals surface area (Å²) in [5.41, 5.74) is 8.37. The number of rotatable bonds is 3. The lowest BCUT2D eigenvalue weighted by Crippen LogP contribution is -2.18. The quantitative estimate of drug-likeness (QED) is 0.850. The Bertz CT molecular complexity index is 698. The van der Waals surface area contributed by atoms with Crippen LogP contribution in [0.15, 0.2) is 36.4 Å². The van der Waals surface area contributed by atoms with E-state index in [1.165, 1.54) is 0 Å². The van der Waals surface area contributed by atoms with Gasteiger partial charge in [0.15, 0.2) is 5.75 Å². The van der Waals surface area contributed by atoms with Crippen molar-refractivity contribution in [3.63, 3.8) is 0 Å². The number of nitrogens with one attached hydrogen (secondary N) is 1. The molecule has 3 rings (SSSR count). The molecule has 21 heavy (non-hydrogen) atoms. The number of benzene rings is 2. The summed E-state index contributed by atoms with van der Waals surface area (Å²) in [4.78, 5) is 11.3. The Hall–Kier alpha value is -2.69. The zero-order chi connectivity index (χ0) is 14.8. The Balaban J connectivity index is 1.84. The fraction of sp³-hybridized carbons (Fsp3) is 0.188. The largest absolute Gasteiger partial charge is 0.497 e. The molecule has 2 aromatic rings. The highest BCUT2D eigenvalue weighted by atomic mass is 16.5. The Morgan fingerprint density at radius 3 is 2.67 bits per heavy atom. The first-order valence-electron chi connectivity index (χ1n) is 6.70. The summed E-state index contributed by atoms with van der Waals surface area (Å²) in [7, 11) is 1.59. The molecule has 5 nitrogen and oxygen atoms in total. The van der Waals surface area contributed by atoms with Gasteiger partial charge in [-0.1, -0.05) is 0 Å². The third kappa shape index (κ3) is 2.76. The maximum Gasteiger partial charge on any atom is 0.224 e. The van der Waals surface area contributed by atoms with Crippen LogP contribution >= 0.6 is 0 Å². The predicted octanol–water partition coefficient (Wildman–Crippen LogP) is 2.95. The zero-order valence-corrected chi connectivity index (χ0v) is 11.7. The number of nitrogen functional groups attached to an aromatic ring is 1. The van der Waals surface area contributed by atoms with E-state index in [-0.39, 0.29) is 5.91 Å². The number of hydrogen-bond donors (Lipinski definition) is 2. The highest BCUT2D eigenvalue weighted by molar-refractivity contribution is 5.94. The minimum atomic E-state index is 0.0515. The van der Waals surface area contributed by atoms with Crippen LogP contribution in [0, 0.1) is 0 Å². The van der Waals surface area contributed by atoms with Crippen LogP contribution in [0.2, 0.25) is 0 Å². The lowest BCUT2D eigenvalue weighted by atomic mass is 10.0. The van der Waals surface area contributed by atoms with Crippen molar-refractivity contribution < 1.29 is 14.3 Å². The minimum absolute atomic E-state index is 0.0515. The Labute approximate surface area is 122 Å². The average Bonchev–Trinajstić information content (AvgIpc) is 2.49. The fourth-order valence-corrected chi connectivity index (χ4v) is 2.30. The molecule has 3 N–H and O–H groups in total. The minimum Gasteiger partial charge on any atom is -0.497 e. The normalized spacial score (nSPS) is 13.3. The second kappa shape index (κ2) is 5.36. The smallest absolute Gasteiger partial charge is 0.224 e. The molecule has 5 heteroatoms. The first kappa shape index (κ1) is 13.3. The van der Waals surface area contributed by atoms with Crippen molar-refractivity contribution in [3.05, 3.63) is 42.0 Å². The maximum atomic E-state index is 11.3. The van der Waals surface area contributed by atoms with Crippen LogP contribution in [-0.4, -0.2) is 13.0 Å². The Morgan fingerprint density at radius 2 is 1.90 bits per heavy atom. The van der Waals surface area contributed by atoms with Gasteiger partial charge in [0.2, 0.25) is 5.91 Å². The van der Waals surface area contributed by atoms with Gasteiger partial charge in [0.25, 0.3) is 0 Å². The number of aryl methyl sites for hydroxylation is 1. The summed E-state index contributed by atoms with van der Waals surface area (Å²) in [5.74, 6) is 2.01. The number of ether oxygens (including phenoxy) is 2. The van der Waals surface area contributed by atoms with Gasteiger partial charge < -0.3 is 20.5 Å². The zero-order valence-electron chi connectivity index (χ0n) is 11.7. The van der Waals surface area contributed by atoms with Gasteiger partial charge in [-0.25, -0.2) is 0 Å². The molecule has 108 valence electrons. The fourth-order valence-electron chi connectivity index (χ4n) is 2.30. The number of hydrogen-bond acceptors (Lipinski definition) is 4. The highest BCUT2D eigenvalue weighted by Crippen LogP contribution is 2.33. The van der Waals surface area contributed by atoms with E-state index in [1.807, 2.05) is 18.2 Å². The predicted molar refractivity (Wildman–Crippen MR) is 80.9 cm³/mol. The van der Waals surface area contributed by atoms with Crippen LogP contribution in [0.4, 0.5) is 11.4 Å². The molecule has 0 radical (unpaired) electrons. The lowest BCUT2D eigenvalue weighted by molar-refractivity contribution is -0.116. The van der Waals surface area contributed by atoms with Gasteiger partial charge in [0, 0.05) is 18.2 Å². The number of carbonyl (C=O) groups excluding carboxylic acids is 1. The molecule has 0 aromatic heterocycles. The van der Waals surface area contributed by atoms with Gasteiger partial charge in [-0.15, -0.1) is 0 Å². The van der Waals surface area contributed by atoms with Crippen molar-refractivity contribution in [2.45, 2.75) is 12.8 Å². The van der Waals surface area contributed by atoms with Gasteiger partial charge in [0.05, 0.1) is 12.8 Å². The van der Waals surface area contributed by atoms with E-state index >= 15 is 0 Å². The van der Waals surface area contributed by atoms with Crippen molar-refractivity contribution >= 4 is 17.3 Å². The number of amides is 1. The number of carbonyl (C=O) groups is 1. The second-order valence-corrected chi connectivity index (χ2v) is 4.87. The van der Waals surface area contributed by atoms with Crippen molar-refractivity contribution in [1.82, 2.24) is 0 Å². The van der Waals surface area contributed by atoms with Crippen LogP contribution < -0.4 is 20.5 Å². The summed E-state index contributed by atoms with van der Waals surface area (Å²) >= 11 is 0. The Morgan fingerprint density at radius 1 is 1.10 bits per heavy atom. The van der Waals surface area contributed by atoms with E-state index < -0.39 is 0 Å². The third-order valence-corrected chi connectivity index (χ3v) is 3.42. The number of fused-ring (bicyclic) bond motifs is 1. The van der Waals surface area contributed by atoms with Gasteiger partial charge in [-0.3, -0.25) is 4.79 Å². The van der Waals surface area contributed by atoms with E-state index in [9.17, 15) is 4.79 Å². The monoisotopic (exact) mass is 284 g/mol. The van der Waals surface area contributed by atoms with Crippen LogP contribution in [-0.2, 0) is 11.2 Å².